The highest BCUT2D eigenvalue weighted by Gasteiger charge is 2.17. The number of para-hydroxylation sites is 1. The first kappa shape index (κ1) is 22.2. The number of ether oxygens (including phenoxy) is 1. The molecule has 0 saturated heterocycles. The van der Waals surface area contributed by atoms with Crippen LogP contribution in [0.4, 0.5) is 11.5 Å². The summed E-state index contributed by atoms with van der Waals surface area (Å²) in [7, 11) is -3.93. The van der Waals surface area contributed by atoms with Gasteiger partial charge in [-0.15, -0.1) is 10.2 Å². The molecule has 33 heavy (non-hydrogen) atoms. The van der Waals surface area contributed by atoms with Gasteiger partial charge in [0.25, 0.3) is 15.9 Å². The molecule has 2 aromatic carbocycles. The van der Waals surface area contributed by atoms with Crippen LogP contribution in [0, 0.1) is 0 Å². The third kappa shape index (κ3) is 5.25. The number of anilines is 2. The molecule has 1 amide bonds. The first-order chi connectivity index (χ1) is 15.8. The van der Waals surface area contributed by atoms with Crippen LogP contribution >= 0.6 is 11.6 Å². The molecule has 168 valence electrons. The summed E-state index contributed by atoms with van der Waals surface area (Å²) in [5, 5.41) is 9.84. The van der Waals surface area contributed by atoms with E-state index in [2.05, 4.69) is 25.2 Å². The number of rotatable bonds is 7. The molecule has 2 aromatic heterocycles. The number of esters is 1. The zero-order chi connectivity index (χ0) is 23.4. The van der Waals surface area contributed by atoms with Crippen molar-refractivity contribution in [1.29, 1.82) is 0 Å². The van der Waals surface area contributed by atoms with Crippen LogP contribution in [-0.4, -0.2) is 42.1 Å². The number of oxazole rings is 1. The van der Waals surface area contributed by atoms with E-state index in [4.69, 9.17) is 20.8 Å². The number of nitrogens with zero attached hydrogens (tertiary/aromatic N) is 3. The van der Waals surface area contributed by atoms with Crippen molar-refractivity contribution in [2.24, 2.45) is 0 Å². The van der Waals surface area contributed by atoms with Gasteiger partial charge < -0.3 is 14.5 Å². The molecule has 0 saturated carbocycles. The lowest BCUT2D eigenvalue weighted by Crippen LogP contribution is -2.21. The second kappa shape index (κ2) is 9.22. The molecule has 0 aliphatic rings. The van der Waals surface area contributed by atoms with Gasteiger partial charge in [-0.25, -0.2) is 18.2 Å². The van der Waals surface area contributed by atoms with Gasteiger partial charge in [0, 0.05) is 5.69 Å². The van der Waals surface area contributed by atoms with Crippen LogP contribution in [0.25, 0.3) is 11.1 Å². The predicted octanol–water partition coefficient (Wildman–Crippen LogP) is 2.87. The van der Waals surface area contributed by atoms with Crippen molar-refractivity contribution < 1.29 is 27.2 Å². The Bertz CT molecular complexity index is 1420. The second-order valence-electron chi connectivity index (χ2n) is 6.50. The number of amides is 1. The fourth-order valence-electron chi connectivity index (χ4n) is 2.74. The monoisotopic (exact) mass is 487 g/mol. The smallest absolute Gasteiger partial charge is 0.340 e. The summed E-state index contributed by atoms with van der Waals surface area (Å²) in [4.78, 5) is 28.3. The summed E-state index contributed by atoms with van der Waals surface area (Å²) in [5.74, 6) is -1.34. The summed E-state index contributed by atoms with van der Waals surface area (Å²) in [5.41, 5.74) is 1.22. The largest absolute Gasteiger partial charge is 0.452 e. The lowest BCUT2D eigenvalue weighted by atomic mass is 10.2. The third-order valence-corrected chi connectivity index (χ3v) is 5.81. The first-order valence-electron chi connectivity index (χ1n) is 9.23. The van der Waals surface area contributed by atoms with Crippen molar-refractivity contribution in [3.63, 3.8) is 0 Å². The number of nitrogens with one attached hydrogen (secondary N) is 2. The number of fused-ring (bicyclic) bond motifs is 1. The van der Waals surface area contributed by atoms with Crippen molar-refractivity contribution in [2.45, 2.75) is 4.90 Å². The number of aromatic nitrogens is 3. The molecule has 2 heterocycles. The number of halogens is 1. The Labute approximate surface area is 191 Å². The summed E-state index contributed by atoms with van der Waals surface area (Å²) in [6, 6.07) is 12.9. The molecule has 0 bridgehead atoms. The van der Waals surface area contributed by atoms with Crippen molar-refractivity contribution in [2.75, 3.05) is 16.6 Å². The van der Waals surface area contributed by atoms with E-state index in [1.807, 2.05) is 0 Å². The van der Waals surface area contributed by atoms with Crippen LogP contribution in [-0.2, 0) is 19.6 Å². The molecule has 4 aromatic rings. The molecule has 4 rings (SSSR count). The lowest BCUT2D eigenvalue weighted by molar-refractivity contribution is -0.119. The number of sulfonamides is 1. The Kier molecular flexibility index (Phi) is 6.20. The van der Waals surface area contributed by atoms with E-state index in [1.165, 1.54) is 48.9 Å². The Hall–Kier alpha value is -4.03. The SMILES string of the molecule is O=C(COC(=O)c1cccc2ocnc12)Nc1ccc(S(=O)(=O)Nc2ccc(Cl)nn2)cc1. The van der Waals surface area contributed by atoms with E-state index < -0.39 is 28.5 Å². The van der Waals surface area contributed by atoms with E-state index in [0.29, 0.717) is 16.8 Å². The summed E-state index contributed by atoms with van der Waals surface area (Å²) in [6.45, 7) is -0.552. The minimum atomic E-state index is -3.93. The second-order valence-corrected chi connectivity index (χ2v) is 8.57. The molecule has 11 nitrogen and oxygen atoms in total. The van der Waals surface area contributed by atoms with Gasteiger partial charge in [0.1, 0.15) is 5.52 Å². The first-order valence-corrected chi connectivity index (χ1v) is 11.1. The van der Waals surface area contributed by atoms with Gasteiger partial charge in [-0.05, 0) is 48.5 Å². The zero-order valence-corrected chi connectivity index (χ0v) is 18.1. The molecule has 0 radical (unpaired) electrons. The van der Waals surface area contributed by atoms with Gasteiger partial charge in [0.15, 0.2) is 29.6 Å². The van der Waals surface area contributed by atoms with Crippen LogP contribution < -0.4 is 10.0 Å². The van der Waals surface area contributed by atoms with E-state index >= 15 is 0 Å². The number of carbonyl (C=O) groups is 2. The van der Waals surface area contributed by atoms with Crippen LogP contribution in [0.2, 0.25) is 5.15 Å². The Morgan fingerprint density at radius 2 is 1.82 bits per heavy atom. The average Bonchev–Trinajstić information content (AvgIpc) is 3.28. The van der Waals surface area contributed by atoms with E-state index in [1.54, 1.807) is 12.1 Å². The van der Waals surface area contributed by atoms with Crippen LogP contribution in [0.15, 0.2) is 70.3 Å². The molecule has 0 aliphatic heterocycles. The molecule has 0 fully saturated rings. The van der Waals surface area contributed by atoms with Crippen LogP contribution in [0.5, 0.6) is 0 Å². The minimum Gasteiger partial charge on any atom is -0.452 e. The van der Waals surface area contributed by atoms with E-state index in [9.17, 15) is 18.0 Å². The van der Waals surface area contributed by atoms with Gasteiger partial charge in [0.05, 0.1) is 10.5 Å². The summed E-state index contributed by atoms with van der Waals surface area (Å²) < 4.78 is 37.3. The minimum absolute atomic E-state index is 0.0000857. The topological polar surface area (TPSA) is 153 Å². The standard InChI is InChI=1S/C20H14ClN5O6S/c21-16-8-9-17(25-24-16)26-33(29,30)13-6-4-12(5-7-13)23-18(27)10-31-20(28)14-2-1-3-15-19(14)22-11-32-15/h1-9,11H,10H2,(H,23,27)(H,25,26). The Morgan fingerprint density at radius 3 is 2.55 bits per heavy atom. The lowest BCUT2D eigenvalue weighted by Gasteiger charge is -2.09. The average molecular weight is 488 g/mol. The Balaban J connectivity index is 1.34. The number of carbonyl (C=O) groups excluding carboxylic acids is 2. The number of hydrogen-bond donors (Lipinski definition) is 2. The maximum absolute atomic E-state index is 12.4. The molecule has 13 heteroatoms. The third-order valence-electron chi connectivity index (χ3n) is 4.23. The van der Waals surface area contributed by atoms with E-state index in [0.717, 1.165) is 0 Å². The van der Waals surface area contributed by atoms with Gasteiger partial charge >= 0.3 is 5.97 Å². The van der Waals surface area contributed by atoms with Crippen LogP contribution in [0.1, 0.15) is 10.4 Å². The summed E-state index contributed by atoms with van der Waals surface area (Å²) in [6.07, 6.45) is 1.20. The van der Waals surface area contributed by atoms with Crippen molar-refractivity contribution in [1.82, 2.24) is 15.2 Å². The number of benzene rings is 2. The van der Waals surface area contributed by atoms with Gasteiger partial charge in [-0.2, -0.15) is 0 Å². The fraction of sp³-hybridized carbons (Fsp3) is 0.0500. The van der Waals surface area contributed by atoms with Gasteiger partial charge in [0.2, 0.25) is 0 Å². The quantitative estimate of drug-likeness (QED) is 0.374. The molecular formula is C20H14ClN5O6S. The highest BCUT2D eigenvalue weighted by atomic mass is 35.5. The van der Waals surface area contributed by atoms with Crippen molar-refractivity contribution in [3.8, 4) is 0 Å². The molecule has 0 atom stereocenters. The molecule has 2 N–H and O–H groups in total. The highest BCUT2D eigenvalue weighted by Crippen LogP contribution is 2.19. The van der Waals surface area contributed by atoms with Gasteiger partial charge in [-0.3, -0.25) is 9.52 Å². The summed E-state index contributed by atoms with van der Waals surface area (Å²) >= 11 is 5.63. The maximum Gasteiger partial charge on any atom is 0.340 e. The Morgan fingerprint density at radius 1 is 1.03 bits per heavy atom. The predicted molar refractivity (Wildman–Crippen MR) is 117 cm³/mol. The van der Waals surface area contributed by atoms with E-state index in [-0.39, 0.29) is 21.4 Å². The van der Waals surface area contributed by atoms with Crippen molar-refractivity contribution >= 4 is 56.1 Å². The van der Waals surface area contributed by atoms with Crippen molar-refractivity contribution in [3.05, 3.63) is 71.7 Å². The number of hydrogen-bond acceptors (Lipinski definition) is 9. The maximum atomic E-state index is 12.4. The molecular weight excluding hydrogens is 474 g/mol. The molecule has 0 spiro atoms. The molecule has 0 unspecified atom stereocenters. The molecule has 0 aliphatic carbocycles. The normalized spacial score (nSPS) is 11.2. The van der Waals surface area contributed by atoms with Crippen LogP contribution in [0.3, 0.4) is 0 Å². The zero-order valence-electron chi connectivity index (χ0n) is 16.6. The van der Waals surface area contributed by atoms with Gasteiger partial charge in [-0.1, -0.05) is 17.7 Å². The highest BCUT2D eigenvalue weighted by molar-refractivity contribution is 7.92. The fourth-order valence-corrected chi connectivity index (χ4v) is 3.84.